The van der Waals surface area contributed by atoms with Crippen molar-refractivity contribution in [1.82, 2.24) is 8.75 Å². The molecule has 37 heavy (non-hydrogen) atoms. The number of hydrogen-bond donors (Lipinski definition) is 0. The van der Waals surface area contributed by atoms with Crippen LogP contribution in [0.2, 0.25) is 0 Å². The van der Waals surface area contributed by atoms with Crippen LogP contribution < -0.4 is 4.90 Å². The fraction of sp³-hybridized carbons (Fsp3) is 0.0667. The molecular weight excluding hydrogens is 481 g/mol. The van der Waals surface area contributed by atoms with Gasteiger partial charge >= 0.3 is 0 Å². The molecule has 0 spiro atoms. The van der Waals surface area contributed by atoms with Crippen molar-refractivity contribution in [2.24, 2.45) is 0 Å². The highest BCUT2D eigenvalue weighted by Crippen LogP contribution is 2.39. The molecule has 5 aromatic rings. The molecule has 0 amide bonds. The zero-order chi connectivity index (χ0) is 25.9. The average molecular weight is 502 g/mol. The van der Waals surface area contributed by atoms with E-state index in [0.29, 0.717) is 27.8 Å². The van der Waals surface area contributed by atoms with Gasteiger partial charge in [0.15, 0.2) is 0 Å². The minimum Gasteiger partial charge on any atom is -0.308 e. The second kappa shape index (κ2) is 10.0. The predicted octanol–water partition coefficient (Wildman–Crippen LogP) is 8.37. The maximum atomic E-state index is 15.8. The van der Waals surface area contributed by atoms with Crippen LogP contribution in [0.5, 0.6) is 0 Å². The standard InChI is InChI=1S/C30H20FN5S/c1-19-4-10-24(11-5-19)36(25-12-6-20(2)7-13-25)28-15-9-21(17-27(28)31)26-14-8-22(16-23(18-32)33-3)29-30(26)35-37-34-29/h4-17H,1-2H3/b23-16-. The number of nitriles is 1. The number of nitrogens with zero attached hydrogens (tertiary/aromatic N) is 5. The number of benzene rings is 4. The maximum Gasteiger partial charge on any atom is 0.262 e. The van der Waals surface area contributed by atoms with Crippen LogP contribution in [0.15, 0.2) is 84.6 Å². The van der Waals surface area contributed by atoms with Crippen LogP contribution in [0.1, 0.15) is 16.7 Å². The Balaban J connectivity index is 1.61. The molecule has 0 aliphatic carbocycles. The van der Waals surface area contributed by atoms with Gasteiger partial charge in [0.25, 0.3) is 5.70 Å². The van der Waals surface area contributed by atoms with Gasteiger partial charge in [0.2, 0.25) is 0 Å². The highest BCUT2D eigenvalue weighted by atomic mass is 32.1. The van der Waals surface area contributed by atoms with E-state index in [1.54, 1.807) is 12.1 Å². The van der Waals surface area contributed by atoms with Crippen molar-refractivity contribution in [1.29, 1.82) is 5.26 Å². The first-order valence-corrected chi connectivity index (χ1v) is 12.2. The van der Waals surface area contributed by atoms with Crippen LogP contribution in [0.25, 0.3) is 33.1 Å². The van der Waals surface area contributed by atoms with E-state index in [2.05, 4.69) is 13.6 Å². The number of hydrogen-bond acceptors (Lipinski definition) is 5. The molecule has 4 aromatic carbocycles. The molecule has 0 N–H and O–H groups in total. The van der Waals surface area contributed by atoms with Gasteiger partial charge in [-0.2, -0.15) is 8.75 Å². The molecule has 178 valence electrons. The summed E-state index contributed by atoms with van der Waals surface area (Å²) in [6.45, 7) is 11.2. The lowest BCUT2D eigenvalue weighted by Gasteiger charge is -2.26. The summed E-state index contributed by atoms with van der Waals surface area (Å²) in [7, 11) is 0. The molecular formula is C30H20FN5S. The van der Waals surface area contributed by atoms with Crippen molar-refractivity contribution in [3.63, 3.8) is 0 Å². The van der Waals surface area contributed by atoms with Crippen molar-refractivity contribution < 1.29 is 4.39 Å². The average Bonchev–Trinajstić information content (AvgIpc) is 3.41. The maximum absolute atomic E-state index is 15.8. The third-order valence-electron chi connectivity index (χ3n) is 6.06. The van der Waals surface area contributed by atoms with Crippen LogP contribution in [-0.2, 0) is 0 Å². The van der Waals surface area contributed by atoms with Gasteiger partial charge in [-0.25, -0.2) is 14.5 Å². The zero-order valence-electron chi connectivity index (χ0n) is 20.1. The van der Waals surface area contributed by atoms with Gasteiger partial charge in [-0.3, -0.25) is 0 Å². The molecule has 5 nitrogen and oxygen atoms in total. The Bertz CT molecular complexity index is 1660. The van der Waals surface area contributed by atoms with E-state index >= 15 is 4.39 Å². The van der Waals surface area contributed by atoms with Crippen molar-refractivity contribution in [3.8, 4) is 17.2 Å². The summed E-state index contributed by atoms with van der Waals surface area (Å²) < 4.78 is 24.6. The second-order valence-electron chi connectivity index (χ2n) is 8.59. The van der Waals surface area contributed by atoms with Crippen molar-refractivity contribution in [2.45, 2.75) is 13.8 Å². The smallest absolute Gasteiger partial charge is 0.262 e. The first-order valence-electron chi connectivity index (χ1n) is 11.5. The van der Waals surface area contributed by atoms with Gasteiger partial charge in [-0.15, -0.1) is 0 Å². The third-order valence-corrected chi connectivity index (χ3v) is 6.59. The quantitative estimate of drug-likeness (QED) is 0.179. The Kier molecular flexibility index (Phi) is 6.47. The second-order valence-corrected chi connectivity index (χ2v) is 9.12. The predicted molar refractivity (Wildman–Crippen MR) is 147 cm³/mol. The van der Waals surface area contributed by atoms with Gasteiger partial charge in [-0.05, 0) is 67.4 Å². The highest BCUT2D eigenvalue weighted by molar-refractivity contribution is 7.00. The fourth-order valence-electron chi connectivity index (χ4n) is 4.14. The largest absolute Gasteiger partial charge is 0.308 e. The van der Waals surface area contributed by atoms with Crippen molar-refractivity contribution in [3.05, 3.63) is 118 Å². The molecule has 0 aliphatic heterocycles. The first kappa shape index (κ1) is 23.9. The number of fused-ring (bicyclic) bond motifs is 1. The molecule has 7 heteroatoms. The van der Waals surface area contributed by atoms with Crippen LogP contribution in [0, 0.1) is 37.6 Å². The van der Waals surface area contributed by atoms with Gasteiger partial charge in [-0.1, -0.05) is 53.6 Å². The summed E-state index contributed by atoms with van der Waals surface area (Å²) in [5.74, 6) is -0.376. The third kappa shape index (κ3) is 4.69. The molecule has 0 atom stereocenters. The van der Waals surface area contributed by atoms with Gasteiger partial charge < -0.3 is 4.90 Å². The molecule has 0 bridgehead atoms. The number of aromatic nitrogens is 2. The first-order chi connectivity index (χ1) is 18.0. The number of anilines is 3. The SMILES string of the molecule is [C-]#[N+]/C(C#N)=C\c1ccc(-c2ccc(N(c3ccc(C)cc3)c3ccc(C)cc3)c(F)c2)c2nsnc12. The molecule has 0 aliphatic rings. The number of allylic oxidation sites excluding steroid dienone is 1. The highest BCUT2D eigenvalue weighted by Gasteiger charge is 2.19. The Hall–Kier alpha value is -4.85. The van der Waals surface area contributed by atoms with Crippen molar-refractivity contribution >= 4 is 45.9 Å². The monoisotopic (exact) mass is 501 g/mol. The molecule has 0 unspecified atom stereocenters. The van der Waals surface area contributed by atoms with E-state index in [0.717, 1.165) is 39.8 Å². The Morgan fingerprint density at radius 3 is 2.11 bits per heavy atom. The Labute approximate surface area is 218 Å². The number of halogens is 1. The lowest BCUT2D eigenvalue weighted by molar-refractivity contribution is 0.629. The van der Waals surface area contributed by atoms with Gasteiger partial charge in [0, 0.05) is 16.9 Å². The molecule has 0 saturated heterocycles. The summed E-state index contributed by atoms with van der Waals surface area (Å²) in [5.41, 5.74) is 7.55. The lowest BCUT2D eigenvalue weighted by atomic mass is 10.00. The van der Waals surface area contributed by atoms with Gasteiger partial charge in [0.1, 0.15) is 16.9 Å². The minimum absolute atomic E-state index is 0.0373. The normalized spacial score (nSPS) is 11.2. The van der Waals surface area contributed by atoms with E-state index in [1.165, 1.54) is 12.1 Å². The van der Waals surface area contributed by atoms with Crippen molar-refractivity contribution in [2.75, 3.05) is 4.90 Å². The van der Waals surface area contributed by atoms with E-state index in [1.807, 2.05) is 85.5 Å². The van der Waals surface area contributed by atoms with Gasteiger partial charge in [0.05, 0.1) is 30.1 Å². The molecule has 1 heterocycles. The van der Waals surface area contributed by atoms with Crippen LogP contribution >= 0.6 is 11.7 Å². The molecule has 5 rings (SSSR count). The van der Waals surface area contributed by atoms with E-state index in [9.17, 15) is 0 Å². The Morgan fingerprint density at radius 2 is 1.54 bits per heavy atom. The molecule has 0 saturated carbocycles. The summed E-state index contributed by atoms with van der Waals surface area (Å²) in [5, 5.41) is 9.12. The Morgan fingerprint density at radius 1 is 0.919 bits per heavy atom. The minimum atomic E-state index is -0.376. The zero-order valence-corrected chi connectivity index (χ0v) is 20.9. The molecule has 0 fully saturated rings. The topological polar surface area (TPSA) is 57.2 Å². The van der Waals surface area contributed by atoms with E-state index in [4.69, 9.17) is 11.8 Å². The van der Waals surface area contributed by atoms with E-state index in [-0.39, 0.29) is 11.5 Å². The van der Waals surface area contributed by atoms with Crippen LogP contribution in [0.3, 0.4) is 0 Å². The molecule has 1 aromatic heterocycles. The number of aryl methyl sites for hydroxylation is 2. The summed E-state index contributed by atoms with van der Waals surface area (Å²) in [6.07, 6.45) is 1.49. The van der Waals surface area contributed by atoms with Crippen LogP contribution in [-0.4, -0.2) is 8.75 Å². The number of rotatable bonds is 5. The lowest BCUT2D eigenvalue weighted by Crippen LogP contribution is -2.11. The van der Waals surface area contributed by atoms with E-state index < -0.39 is 0 Å². The van der Waals surface area contributed by atoms with Crippen LogP contribution in [0.4, 0.5) is 21.5 Å². The summed E-state index contributed by atoms with van der Waals surface area (Å²) in [4.78, 5) is 5.12. The summed E-state index contributed by atoms with van der Waals surface area (Å²) in [6, 6.07) is 26.6. The molecule has 0 radical (unpaired) electrons. The summed E-state index contributed by atoms with van der Waals surface area (Å²) >= 11 is 1.04. The fourth-order valence-corrected chi connectivity index (χ4v) is 4.72.